The maximum absolute atomic E-state index is 12.9. The van der Waals surface area contributed by atoms with Crippen LogP contribution in [0.1, 0.15) is 36.0 Å². The Labute approximate surface area is 214 Å². The number of fused-ring (bicyclic) bond motifs is 1. The van der Waals surface area contributed by atoms with Crippen molar-refractivity contribution >= 4 is 5.91 Å². The van der Waals surface area contributed by atoms with E-state index in [2.05, 4.69) is 65.3 Å². The molecule has 5 nitrogen and oxygen atoms in total. The minimum absolute atomic E-state index is 0.270. The molecule has 0 bridgehead atoms. The molecule has 0 radical (unpaired) electrons. The highest BCUT2D eigenvalue weighted by atomic mass is 16.5. The number of nitrogens with zero attached hydrogens (tertiary/aromatic N) is 2. The summed E-state index contributed by atoms with van der Waals surface area (Å²) in [5.41, 5.74) is 6.30. The average molecular weight is 485 g/mol. The van der Waals surface area contributed by atoms with E-state index in [1.807, 2.05) is 18.2 Å². The monoisotopic (exact) mass is 484 g/mol. The first-order valence-corrected chi connectivity index (χ1v) is 12.9. The van der Waals surface area contributed by atoms with Crippen LogP contribution in [0.4, 0.5) is 0 Å². The fourth-order valence-corrected chi connectivity index (χ4v) is 5.90. The molecule has 0 saturated carbocycles. The summed E-state index contributed by atoms with van der Waals surface area (Å²) in [5.74, 6) is 2.21. The molecule has 2 atom stereocenters. The summed E-state index contributed by atoms with van der Waals surface area (Å²) < 4.78 is 10.8. The van der Waals surface area contributed by atoms with Crippen LogP contribution >= 0.6 is 0 Å². The van der Waals surface area contributed by atoms with Crippen molar-refractivity contribution < 1.29 is 14.3 Å². The van der Waals surface area contributed by atoms with Crippen molar-refractivity contribution in [2.24, 2.45) is 5.92 Å². The Morgan fingerprint density at radius 1 is 0.861 bits per heavy atom. The molecule has 0 N–H and O–H groups in total. The Morgan fingerprint density at radius 3 is 2.36 bits per heavy atom. The highest BCUT2D eigenvalue weighted by Crippen LogP contribution is 2.35. The van der Waals surface area contributed by atoms with E-state index < -0.39 is 0 Å². The van der Waals surface area contributed by atoms with Crippen LogP contribution in [0.15, 0.2) is 66.7 Å². The predicted molar refractivity (Wildman–Crippen MR) is 143 cm³/mol. The Kier molecular flexibility index (Phi) is 7.28. The second-order valence-corrected chi connectivity index (χ2v) is 10.1. The molecule has 3 aromatic carbocycles. The minimum atomic E-state index is 0.270. The van der Waals surface area contributed by atoms with E-state index in [1.54, 1.807) is 14.2 Å². The Bertz CT molecular complexity index is 1210. The summed E-state index contributed by atoms with van der Waals surface area (Å²) in [4.78, 5) is 17.6. The van der Waals surface area contributed by atoms with Crippen LogP contribution in [0, 0.1) is 12.8 Å². The van der Waals surface area contributed by atoms with E-state index in [0.717, 1.165) is 38.0 Å². The molecule has 1 amide bonds. The van der Waals surface area contributed by atoms with Crippen LogP contribution in [0.25, 0.3) is 11.1 Å². The number of methoxy groups -OCH3 is 2. The van der Waals surface area contributed by atoms with Gasteiger partial charge < -0.3 is 14.4 Å². The summed E-state index contributed by atoms with van der Waals surface area (Å²) in [7, 11) is 3.29. The zero-order valence-electron chi connectivity index (χ0n) is 21.6. The first-order valence-electron chi connectivity index (χ1n) is 12.9. The van der Waals surface area contributed by atoms with Gasteiger partial charge in [0.05, 0.1) is 14.2 Å². The highest BCUT2D eigenvalue weighted by Gasteiger charge is 2.39. The number of carbonyl (C=O) groups excluding carboxylic acids is 1. The largest absolute Gasteiger partial charge is 0.493 e. The van der Waals surface area contributed by atoms with Crippen LogP contribution in [0.3, 0.4) is 0 Å². The van der Waals surface area contributed by atoms with Crippen molar-refractivity contribution in [2.45, 2.75) is 45.3 Å². The third-order valence-corrected chi connectivity index (χ3v) is 7.84. The van der Waals surface area contributed by atoms with Crippen molar-refractivity contribution in [3.05, 3.63) is 83.4 Å². The molecule has 5 heteroatoms. The molecule has 0 aliphatic carbocycles. The van der Waals surface area contributed by atoms with Gasteiger partial charge >= 0.3 is 0 Å². The van der Waals surface area contributed by atoms with Crippen LogP contribution < -0.4 is 9.47 Å². The molecule has 2 aliphatic heterocycles. The second kappa shape index (κ2) is 10.8. The molecule has 0 aromatic heterocycles. The van der Waals surface area contributed by atoms with E-state index in [1.165, 1.54) is 22.3 Å². The number of hydrogen-bond donors (Lipinski definition) is 0. The van der Waals surface area contributed by atoms with Crippen molar-refractivity contribution in [2.75, 3.05) is 27.3 Å². The standard InChI is InChI=1S/C31H36N2O3/c1-22-6-4-5-7-27(22)25-11-8-23(9-12-25)19-32-17-16-28-26(21-32)13-15-31(34)33(28)20-24-10-14-29(35-2)30(18-24)36-3/h4-12,14,18,26,28H,13,15-17,19-21H2,1-3H3/t26-,28+/m1/s1. The van der Waals surface area contributed by atoms with Gasteiger partial charge in [-0.3, -0.25) is 9.69 Å². The Morgan fingerprint density at radius 2 is 1.61 bits per heavy atom. The molecule has 0 spiro atoms. The Balaban J connectivity index is 1.23. The van der Waals surface area contributed by atoms with Crippen LogP contribution in [0.5, 0.6) is 11.5 Å². The lowest BCUT2D eigenvalue weighted by Crippen LogP contribution is -2.55. The molecular weight excluding hydrogens is 448 g/mol. The molecule has 2 saturated heterocycles. The maximum atomic E-state index is 12.9. The SMILES string of the molecule is COc1ccc(CN2C(=O)CC[C@@H]3CN(Cc4ccc(-c5ccccc5C)cc4)CC[C@@H]32)cc1OC. The lowest BCUT2D eigenvalue weighted by atomic mass is 9.83. The minimum Gasteiger partial charge on any atom is -0.493 e. The number of likely N-dealkylation sites (tertiary alicyclic amines) is 2. The van der Waals surface area contributed by atoms with E-state index >= 15 is 0 Å². The van der Waals surface area contributed by atoms with E-state index in [9.17, 15) is 4.79 Å². The topological polar surface area (TPSA) is 42.0 Å². The molecule has 2 aliphatic rings. The van der Waals surface area contributed by atoms with E-state index in [-0.39, 0.29) is 5.91 Å². The fourth-order valence-electron chi connectivity index (χ4n) is 5.90. The van der Waals surface area contributed by atoms with Gasteiger partial charge in [0.25, 0.3) is 0 Å². The van der Waals surface area contributed by atoms with Gasteiger partial charge in [0.2, 0.25) is 5.91 Å². The maximum Gasteiger partial charge on any atom is 0.223 e. The fraction of sp³-hybridized carbons (Fsp3) is 0.387. The van der Waals surface area contributed by atoms with Gasteiger partial charge in [0.1, 0.15) is 0 Å². The third kappa shape index (κ3) is 5.12. The normalized spacial score (nSPS) is 20.2. The van der Waals surface area contributed by atoms with E-state index in [0.29, 0.717) is 36.4 Å². The molecule has 5 rings (SSSR count). The number of rotatable bonds is 7. The number of ether oxygens (including phenoxy) is 2. The summed E-state index contributed by atoms with van der Waals surface area (Å²) in [6.07, 6.45) is 2.63. The van der Waals surface area contributed by atoms with Crippen molar-refractivity contribution in [3.8, 4) is 22.6 Å². The second-order valence-electron chi connectivity index (χ2n) is 10.1. The molecule has 2 heterocycles. The van der Waals surface area contributed by atoms with Crippen molar-refractivity contribution in [1.29, 1.82) is 0 Å². The quantitative estimate of drug-likeness (QED) is 0.432. The number of aryl methyl sites for hydroxylation is 1. The van der Waals surface area contributed by atoms with E-state index in [4.69, 9.17) is 9.47 Å². The number of amides is 1. The van der Waals surface area contributed by atoms with Crippen LogP contribution in [-0.4, -0.2) is 49.1 Å². The van der Waals surface area contributed by atoms with Gasteiger partial charge in [-0.2, -0.15) is 0 Å². The van der Waals surface area contributed by atoms with Gasteiger partial charge in [-0.25, -0.2) is 0 Å². The molecule has 3 aromatic rings. The van der Waals surface area contributed by atoms with Crippen molar-refractivity contribution in [3.63, 3.8) is 0 Å². The van der Waals surface area contributed by atoms with Gasteiger partial charge in [-0.1, -0.05) is 54.6 Å². The first-order chi connectivity index (χ1) is 17.6. The predicted octanol–water partition coefficient (Wildman–Crippen LogP) is 5.69. The number of piperidine rings is 2. The van der Waals surface area contributed by atoms with Crippen molar-refractivity contribution in [1.82, 2.24) is 9.80 Å². The molecule has 0 unspecified atom stereocenters. The molecule has 36 heavy (non-hydrogen) atoms. The van der Waals surface area contributed by atoms with Crippen LogP contribution in [-0.2, 0) is 17.9 Å². The molecule has 2 fully saturated rings. The number of hydrogen-bond acceptors (Lipinski definition) is 4. The first kappa shape index (κ1) is 24.4. The van der Waals surface area contributed by atoms with Gasteiger partial charge in [0, 0.05) is 38.6 Å². The lowest BCUT2D eigenvalue weighted by molar-refractivity contribution is -0.142. The van der Waals surface area contributed by atoms with Gasteiger partial charge in [0.15, 0.2) is 11.5 Å². The zero-order chi connectivity index (χ0) is 25.1. The summed E-state index contributed by atoms with van der Waals surface area (Å²) in [6.45, 7) is 5.80. The molecule has 188 valence electrons. The number of carbonyl (C=O) groups is 1. The average Bonchev–Trinajstić information content (AvgIpc) is 2.91. The van der Waals surface area contributed by atoms with Gasteiger partial charge in [-0.15, -0.1) is 0 Å². The zero-order valence-corrected chi connectivity index (χ0v) is 21.6. The number of benzene rings is 3. The third-order valence-electron chi connectivity index (χ3n) is 7.84. The highest BCUT2D eigenvalue weighted by molar-refractivity contribution is 5.77. The van der Waals surface area contributed by atoms with Crippen LogP contribution in [0.2, 0.25) is 0 Å². The van der Waals surface area contributed by atoms with Gasteiger partial charge in [-0.05, 0) is 65.6 Å². The summed E-state index contributed by atoms with van der Waals surface area (Å²) in [6, 6.07) is 23.8. The lowest BCUT2D eigenvalue weighted by Gasteiger charge is -2.47. The molecular formula is C31H36N2O3. The summed E-state index contributed by atoms with van der Waals surface area (Å²) >= 11 is 0. The summed E-state index contributed by atoms with van der Waals surface area (Å²) in [5, 5.41) is 0. The smallest absolute Gasteiger partial charge is 0.223 e. The Hall–Kier alpha value is -3.31.